The van der Waals surface area contributed by atoms with E-state index in [1.54, 1.807) is 0 Å². The number of halogens is 3. The molecule has 0 amide bonds. The number of nitrogens with one attached hydrogen (secondary N) is 2. The summed E-state index contributed by atoms with van der Waals surface area (Å²) in [5, 5.41) is 2.47. The molecule has 0 spiro atoms. The normalized spacial score (nSPS) is 19.0. The number of aromatic amines is 1. The number of pyridine rings is 1. The van der Waals surface area contributed by atoms with Gasteiger partial charge in [0.1, 0.15) is 17.5 Å². The summed E-state index contributed by atoms with van der Waals surface area (Å²) in [5.41, 5.74) is -0.925. The fraction of sp³-hybridized carbons (Fsp3) is 0.500. The standard InChI is InChI=1S/C14H15Cl2FN4O3/c15-11-9(17)10-8(12(22)21-14(16)19-10)13(20-11)24-6-7-5-23-4-2-1-3-18-7/h7,18H,1-6H2,(H,19,21,22)/t7-/m1/s1. The monoisotopic (exact) mass is 376 g/mol. The molecule has 1 fully saturated rings. The highest BCUT2D eigenvalue weighted by Crippen LogP contribution is 2.27. The molecule has 0 saturated carbocycles. The van der Waals surface area contributed by atoms with E-state index in [4.69, 9.17) is 32.7 Å². The first-order valence-electron chi connectivity index (χ1n) is 7.44. The molecule has 1 aliphatic heterocycles. The van der Waals surface area contributed by atoms with Crippen molar-refractivity contribution in [3.05, 3.63) is 26.6 Å². The Bertz CT molecular complexity index is 794. The molecule has 2 aromatic heterocycles. The van der Waals surface area contributed by atoms with Crippen LogP contribution in [0, 0.1) is 5.82 Å². The number of rotatable bonds is 3. The van der Waals surface area contributed by atoms with Crippen molar-refractivity contribution in [3.8, 4) is 5.88 Å². The van der Waals surface area contributed by atoms with Crippen molar-refractivity contribution in [3.63, 3.8) is 0 Å². The highest BCUT2D eigenvalue weighted by molar-refractivity contribution is 6.30. The van der Waals surface area contributed by atoms with Crippen LogP contribution in [0.5, 0.6) is 5.88 Å². The molecule has 7 nitrogen and oxygen atoms in total. The van der Waals surface area contributed by atoms with Gasteiger partial charge in [0.15, 0.2) is 11.0 Å². The average Bonchev–Trinajstić information content (AvgIpc) is 2.50. The molecule has 1 aliphatic rings. The Hall–Kier alpha value is -1.48. The second-order valence-corrected chi connectivity index (χ2v) is 6.06. The number of nitrogens with zero attached hydrogens (tertiary/aromatic N) is 2. The molecule has 1 atom stereocenters. The minimum atomic E-state index is -0.917. The van der Waals surface area contributed by atoms with Crippen LogP contribution in [0.4, 0.5) is 4.39 Å². The van der Waals surface area contributed by atoms with Crippen molar-refractivity contribution in [2.45, 2.75) is 18.9 Å². The molecule has 0 aliphatic carbocycles. The minimum Gasteiger partial charge on any atom is -0.475 e. The van der Waals surface area contributed by atoms with E-state index in [1.165, 1.54) is 0 Å². The van der Waals surface area contributed by atoms with Crippen molar-refractivity contribution < 1.29 is 13.9 Å². The van der Waals surface area contributed by atoms with Gasteiger partial charge in [-0.2, -0.15) is 4.98 Å². The summed E-state index contributed by atoms with van der Waals surface area (Å²) >= 11 is 11.4. The van der Waals surface area contributed by atoms with E-state index in [9.17, 15) is 9.18 Å². The molecule has 2 aromatic rings. The van der Waals surface area contributed by atoms with Gasteiger partial charge in [0.2, 0.25) is 11.2 Å². The molecule has 0 aromatic carbocycles. The zero-order chi connectivity index (χ0) is 17.1. The number of aromatic nitrogens is 3. The van der Waals surface area contributed by atoms with E-state index in [-0.39, 0.29) is 34.7 Å². The SMILES string of the molecule is O=c1[nH]c(Cl)nc2c(F)c(Cl)nc(OC[C@H]3COCCCCN3)c12. The molecule has 24 heavy (non-hydrogen) atoms. The molecule has 130 valence electrons. The number of hydrogen-bond donors (Lipinski definition) is 2. The summed E-state index contributed by atoms with van der Waals surface area (Å²) in [5.74, 6) is -1.01. The molecule has 0 bridgehead atoms. The van der Waals surface area contributed by atoms with Gasteiger partial charge < -0.3 is 14.8 Å². The summed E-state index contributed by atoms with van der Waals surface area (Å²) in [6, 6.07) is -0.0784. The molecular formula is C14H15Cl2FN4O3. The number of fused-ring (bicyclic) bond motifs is 1. The summed E-state index contributed by atoms with van der Waals surface area (Å²) in [4.78, 5) is 22.0. The van der Waals surface area contributed by atoms with Gasteiger partial charge in [-0.05, 0) is 31.0 Å². The maximum atomic E-state index is 14.1. The Kier molecular flexibility index (Phi) is 5.50. The predicted molar refractivity (Wildman–Crippen MR) is 87.5 cm³/mol. The fourth-order valence-electron chi connectivity index (χ4n) is 2.41. The minimum absolute atomic E-state index is 0.0784. The van der Waals surface area contributed by atoms with E-state index in [1.807, 2.05) is 0 Å². The first-order valence-corrected chi connectivity index (χ1v) is 8.20. The molecule has 0 unspecified atom stereocenters. The summed E-state index contributed by atoms with van der Waals surface area (Å²) in [6.45, 7) is 2.19. The van der Waals surface area contributed by atoms with Crippen LogP contribution in [0.15, 0.2) is 4.79 Å². The first-order chi connectivity index (χ1) is 11.6. The molecular weight excluding hydrogens is 362 g/mol. The lowest BCUT2D eigenvalue weighted by Crippen LogP contribution is -2.40. The molecule has 3 heterocycles. The topological polar surface area (TPSA) is 89.1 Å². The van der Waals surface area contributed by atoms with Gasteiger partial charge in [0.25, 0.3) is 5.56 Å². The lowest BCUT2D eigenvalue weighted by Gasteiger charge is -2.21. The van der Waals surface area contributed by atoms with Crippen molar-refractivity contribution in [1.82, 2.24) is 20.3 Å². The van der Waals surface area contributed by atoms with Crippen LogP contribution in [0.25, 0.3) is 10.9 Å². The van der Waals surface area contributed by atoms with Crippen LogP contribution < -0.4 is 15.6 Å². The molecule has 0 radical (unpaired) electrons. The quantitative estimate of drug-likeness (QED) is 0.628. The summed E-state index contributed by atoms with van der Waals surface area (Å²) in [7, 11) is 0. The highest BCUT2D eigenvalue weighted by atomic mass is 35.5. The zero-order valence-electron chi connectivity index (χ0n) is 12.6. The number of hydrogen-bond acceptors (Lipinski definition) is 6. The van der Waals surface area contributed by atoms with Crippen LogP contribution >= 0.6 is 23.2 Å². The third-order valence-electron chi connectivity index (χ3n) is 3.58. The van der Waals surface area contributed by atoms with Gasteiger partial charge in [-0.1, -0.05) is 11.6 Å². The lowest BCUT2D eigenvalue weighted by molar-refractivity contribution is 0.0797. The van der Waals surface area contributed by atoms with Gasteiger partial charge in [-0.15, -0.1) is 0 Å². The van der Waals surface area contributed by atoms with Crippen LogP contribution in [-0.2, 0) is 4.74 Å². The highest BCUT2D eigenvalue weighted by Gasteiger charge is 2.20. The maximum absolute atomic E-state index is 14.1. The second-order valence-electron chi connectivity index (χ2n) is 5.35. The van der Waals surface area contributed by atoms with Gasteiger partial charge in [-0.25, -0.2) is 9.37 Å². The van der Waals surface area contributed by atoms with Crippen LogP contribution in [0.1, 0.15) is 12.8 Å². The molecule has 10 heteroatoms. The average molecular weight is 377 g/mol. The Morgan fingerprint density at radius 1 is 1.33 bits per heavy atom. The van der Waals surface area contributed by atoms with Crippen molar-refractivity contribution in [2.24, 2.45) is 0 Å². The van der Waals surface area contributed by atoms with E-state index >= 15 is 0 Å². The molecule has 1 saturated heterocycles. The predicted octanol–water partition coefficient (Wildman–Crippen LogP) is 1.91. The Morgan fingerprint density at radius 3 is 3.00 bits per heavy atom. The smallest absolute Gasteiger partial charge is 0.265 e. The van der Waals surface area contributed by atoms with E-state index in [2.05, 4.69) is 20.3 Å². The Balaban J connectivity index is 1.89. The fourth-order valence-corrected chi connectivity index (χ4v) is 2.74. The van der Waals surface area contributed by atoms with E-state index in [0.29, 0.717) is 13.2 Å². The van der Waals surface area contributed by atoms with E-state index < -0.39 is 16.5 Å². The number of ether oxygens (including phenoxy) is 2. The Labute approximate surface area is 146 Å². The van der Waals surface area contributed by atoms with Crippen LogP contribution in [-0.4, -0.2) is 47.4 Å². The van der Waals surface area contributed by atoms with Crippen LogP contribution in [0.3, 0.4) is 0 Å². The van der Waals surface area contributed by atoms with Gasteiger partial charge >= 0.3 is 0 Å². The maximum Gasteiger partial charge on any atom is 0.265 e. The van der Waals surface area contributed by atoms with Gasteiger partial charge in [-0.3, -0.25) is 9.78 Å². The molecule has 2 N–H and O–H groups in total. The van der Waals surface area contributed by atoms with Gasteiger partial charge in [0, 0.05) is 6.61 Å². The lowest BCUT2D eigenvalue weighted by atomic mass is 10.2. The zero-order valence-corrected chi connectivity index (χ0v) is 14.1. The van der Waals surface area contributed by atoms with Crippen molar-refractivity contribution in [2.75, 3.05) is 26.4 Å². The Morgan fingerprint density at radius 2 is 2.17 bits per heavy atom. The summed E-state index contributed by atoms with van der Waals surface area (Å²) in [6.07, 6.45) is 2.00. The van der Waals surface area contributed by atoms with Gasteiger partial charge in [0.05, 0.1) is 12.6 Å². The van der Waals surface area contributed by atoms with Crippen molar-refractivity contribution >= 4 is 34.1 Å². The van der Waals surface area contributed by atoms with Crippen LogP contribution in [0.2, 0.25) is 10.4 Å². The largest absolute Gasteiger partial charge is 0.475 e. The molecule has 3 rings (SSSR count). The third kappa shape index (κ3) is 3.77. The van der Waals surface area contributed by atoms with E-state index in [0.717, 1.165) is 19.4 Å². The number of H-pyrrole nitrogens is 1. The second kappa shape index (κ2) is 7.60. The third-order valence-corrected chi connectivity index (χ3v) is 4.01. The van der Waals surface area contributed by atoms with Crippen molar-refractivity contribution in [1.29, 1.82) is 0 Å². The summed E-state index contributed by atoms with van der Waals surface area (Å²) < 4.78 is 25.2. The first kappa shape index (κ1) is 17.3.